The molecular weight excluding hydrogens is 372 g/mol. The molecule has 11 heteroatoms. The lowest BCUT2D eigenvalue weighted by atomic mass is 10.2. The zero-order chi connectivity index (χ0) is 19.5. The van der Waals surface area contributed by atoms with Crippen LogP contribution in [0, 0.1) is 0 Å². The number of hydrogen-bond donors (Lipinski definition) is 1. The van der Waals surface area contributed by atoms with Gasteiger partial charge in [-0.1, -0.05) is 0 Å². The first kappa shape index (κ1) is 18.7. The van der Waals surface area contributed by atoms with Crippen molar-refractivity contribution in [3.63, 3.8) is 0 Å². The van der Waals surface area contributed by atoms with Gasteiger partial charge in [-0.05, 0) is 12.1 Å². The van der Waals surface area contributed by atoms with E-state index >= 15 is 0 Å². The monoisotopic (exact) mass is 393 g/mol. The van der Waals surface area contributed by atoms with Crippen LogP contribution in [0.5, 0.6) is 0 Å². The normalized spacial score (nSPS) is 18.0. The third kappa shape index (κ3) is 3.94. The summed E-state index contributed by atoms with van der Waals surface area (Å²) in [5, 5.41) is 0. The summed E-state index contributed by atoms with van der Waals surface area (Å²) in [5.41, 5.74) is 5.46. The molecule has 2 aliphatic heterocycles. The number of morpholine rings is 2. The highest BCUT2D eigenvalue weighted by molar-refractivity contribution is 5.61. The Morgan fingerprint density at radius 1 is 0.821 bits per heavy atom. The summed E-state index contributed by atoms with van der Waals surface area (Å²) in [6, 6.07) is 2.60. The highest BCUT2D eigenvalue weighted by Crippen LogP contribution is 2.30. The van der Waals surface area contributed by atoms with Crippen LogP contribution in [0.4, 0.5) is 26.5 Å². The number of pyridine rings is 1. The average molecular weight is 393 g/mol. The summed E-state index contributed by atoms with van der Waals surface area (Å²) in [6.07, 6.45) is -2.72. The standard InChI is InChI=1S/C17H21F2N7O2/c18-14(19)11-1-2-12(20)21-13(11)15-22-16(25-3-7-27-8-4-25)24-17(23-15)26-5-9-28-10-6-26/h1-2,14H,3-10H2,(H2,20,21). The second kappa shape index (κ2) is 8.15. The maximum atomic E-state index is 13.5. The molecule has 0 aliphatic carbocycles. The molecule has 4 rings (SSSR count). The Balaban J connectivity index is 1.80. The molecule has 0 saturated carbocycles. The highest BCUT2D eigenvalue weighted by atomic mass is 19.3. The van der Waals surface area contributed by atoms with Crippen LogP contribution in [0.1, 0.15) is 12.0 Å². The summed E-state index contributed by atoms with van der Waals surface area (Å²) in [7, 11) is 0. The lowest BCUT2D eigenvalue weighted by Gasteiger charge is -2.30. The molecule has 2 aromatic rings. The van der Waals surface area contributed by atoms with E-state index in [4.69, 9.17) is 15.2 Å². The molecule has 0 atom stereocenters. The molecule has 0 radical (unpaired) electrons. The van der Waals surface area contributed by atoms with Crippen molar-refractivity contribution in [2.45, 2.75) is 6.43 Å². The van der Waals surface area contributed by atoms with Gasteiger partial charge in [0.1, 0.15) is 11.5 Å². The summed E-state index contributed by atoms with van der Waals surface area (Å²) in [6.45, 7) is 4.63. The average Bonchev–Trinajstić information content (AvgIpc) is 2.74. The number of nitrogens with zero attached hydrogens (tertiary/aromatic N) is 6. The van der Waals surface area contributed by atoms with Gasteiger partial charge < -0.3 is 25.0 Å². The van der Waals surface area contributed by atoms with Crippen molar-refractivity contribution >= 4 is 17.7 Å². The van der Waals surface area contributed by atoms with Gasteiger partial charge in [0, 0.05) is 31.7 Å². The molecule has 4 heterocycles. The Labute approximate surface area is 160 Å². The smallest absolute Gasteiger partial charge is 0.266 e. The van der Waals surface area contributed by atoms with Gasteiger partial charge in [0.15, 0.2) is 5.82 Å². The molecule has 0 spiro atoms. The Bertz CT molecular complexity index is 791. The first-order valence-electron chi connectivity index (χ1n) is 9.08. The number of hydrogen-bond acceptors (Lipinski definition) is 9. The van der Waals surface area contributed by atoms with Crippen molar-refractivity contribution in [2.24, 2.45) is 0 Å². The molecule has 2 aliphatic rings. The lowest BCUT2D eigenvalue weighted by molar-refractivity contribution is 0.121. The maximum absolute atomic E-state index is 13.5. The molecule has 0 amide bonds. The molecule has 2 saturated heterocycles. The molecule has 2 N–H and O–H groups in total. The minimum Gasteiger partial charge on any atom is -0.384 e. The lowest BCUT2D eigenvalue weighted by Crippen LogP contribution is -2.40. The number of ether oxygens (including phenoxy) is 2. The van der Waals surface area contributed by atoms with Crippen LogP contribution >= 0.6 is 0 Å². The van der Waals surface area contributed by atoms with Gasteiger partial charge in [0.2, 0.25) is 11.9 Å². The zero-order valence-corrected chi connectivity index (χ0v) is 15.2. The first-order valence-corrected chi connectivity index (χ1v) is 9.08. The Hall–Kier alpha value is -2.66. The third-order valence-electron chi connectivity index (χ3n) is 4.59. The van der Waals surface area contributed by atoms with Crippen molar-refractivity contribution in [2.75, 3.05) is 68.1 Å². The van der Waals surface area contributed by atoms with Crippen LogP contribution in [0.2, 0.25) is 0 Å². The number of halogens is 2. The van der Waals surface area contributed by atoms with Crippen LogP contribution in [-0.2, 0) is 9.47 Å². The van der Waals surface area contributed by atoms with E-state index in [1.165, 1.54) is 12.1 Å². The molecule has 2 aromatic heterocycles. The molecule has 2 fully saturated rings. The topological polar surface area (TPSA) is 103 Å². The van der Waals surface area contributed by atoms with Crippen LogP contribution in [-0.4, -0.2) is 72.5 Å². The second-order valence-corrected chi connectivity index (χ2v) is 6.43. The van der Waals surface area contributed by atoms with E-state index in [0.717, 1.165) is 0 Å². The van der Waals surface area contributed by atoms with E-state index in [1.807, 2.05) is 9.80 Å². The summed E-state index contributed by atoms with van der Waals surface area (Å²) in [5.74, 6) is 1.04. The predicted octanol–water partition coefficient (Wildman–Crippen LogP) is 1.13. The van der Waals surface area contributed by atoms with E-state index < -0.39 is 6.43 Å². The molecule has 0 bridgehead atoms. The van der Waals surface area contributed by atoms with Crippen LogP contribution in [0.3, 0.4) is 0 Å². The molecule has 28 heavy (non-hydrogen) atoms. The number of alkyl halides is 2. The quantitative estimate of drug-likeness (QED) is 0.819. The number of anilines is 3. The van der Waals surface area contributed by atoms with Gasteiger partial charge in [-0.2, -0.15) is 15.0 Å². The Morgan fingerprint density at radius 2 is 1.36 bits per heavy atom. The fraction of sp³-hybridized carbons (Fsp3) is 0.529. The van der Waals surface area contributed by atoms with E-state index in [0.29, 0.717) is 64.5 Å². The number of rotatable bonds is 4. The molecule has 0 unspecified atom stereocenters. The van der Waals surface area contributed by atoms with Gasteiger partial charge in [-0.3, -0.25) is 0 Å². The fourth-order valence-corrected chi connectivity index (χ4v) is 3.11. The molecule has 0 aromatic carbocycles. The van der Waals surface area contributed by atoms with Gasteiger partial charge in [0.25, 0.3) is 6.43 Å². The van der Waals surface area contributed by atoms with Crippen molar-refractivity contribution < 1.29 is 18.3 Å². The Morgan fingerprint density at radius 3 is 1.86 bits per heavy atom. The van der Waals surface area contributed by atoms with Crippen LogP contribution < -0.4 is 15.5 Å². The number of nitrogens with two attached hydrogens (primary N) is 1. The fourth-order valence-electron chi connectivity index (χ4n) is 3.11. The number of nitrogen functional groups attached to an aromatic ring is 1. The van der Waals surface area contributed by atoms with E-state index in [-0.39, 0.29) is 22.9 Å². The van der Waals surface area contributed by atoms with E-state index in [9.17, 15) is 8.78 Å². The van der Waals surface area contributed by atoms with Gasteiger partial charge in [-0.25, -0.2) is 13.8 Å². The van der Waals surface area contributed by atoms with Gasteiger partial charge >= 0.3 is 0 Å². The molecular formula is C17H21F2N7O2. The SMILES string of the molecule is Nc1ccc(C(F)F)c(-c2nc(N3CCOCC3)nc(N3CCOCC3)n2)n1. The largest absolute Gasteiger partial charge is 0.384 e. The Kier molecular flexibility index (Phi) is 5.44. The van der Waals surface area contributed by atoms with E-state index in [1.54, 1.807) is 0 Å². The minimum absolute atomic E-state index is 0.0265. The van der Waals surface area contributed by atoms with Crippen molar-refractivity contribution in [1.29, 1.82) is 0 Å². The van der Waals surface area contributed by atoms with Crippen LogP contribution in [0.25, 0.3) is 11.5 Å². The van der Waals surface area contributed by atoms with Crippen molar-refractivity contribution in [3.8, 4) is 11.5 Å². The predicted molar refractivity (Wildman–Crippen MR) is 98.5 cm³/mol. The molecule has 9 nitrogen and oxygen atoms in total. The van der Waals surface area contributed by atoms with Gasteiger partial charge in [0.05, 0.1) is 26.4 Å². The first-order chi connectivity index (χ1) is 13.6. The second-order valence-electron chi connectivity index (χ2n) is 6.43. The zero-order valence-electron chi connectivity index (χ0n) is 15.2. The summed E-state index contributed by atoms with van der Waals surface area (Å²) >= 11 is 0. The summed E-state index contributed by atoms with van der Waals surface area (Å²) < 4.78 is 37.9. The maximum Gasteiger partial charge on any atom is 0.266 e. The number of aromatic nitrogens is 4. The highest BCUT2D eigenvalue weighted by Gasteiger charge is 2.24. The van der Waals surface area contributed by atoms with Crippen molar-refractivity contribution in [1.82, 2.24) is 19.9 Å². The third-order valence-corrected chi connectivity index (χ3v) is 4.59. The minimum atomic E-state index is -2.72. The summed E-state index contributed by atoms with van der Waals surface area (Å²) in [4.78, 5) is 21.5. The van der Waals surface area contributed by atoms with Gasteiger partial charge in [-0.15, -0.1) is 0 Å². The molecule has 150 valence electrons. The van der Waals surface area contributed by atoms with Crippen LogP contribution in [0.15, 0.2) is 12.1 Å². The van der Waals surface area contributed by atoms with E-state index in [2.05, 4.69) is 19.9 Å². The van der Waals surface area contributed by atoms with Crippen molar-refractivity contribution in [3.05, 3.63) is 17.7 Å².